The first-order chi connectivity index (χ1) is 18.2. The van der Waals surface area contributed by atoms with Crippen LogP contribution >= 0.6 is 0 Å². The predicted molar refractivity (Wildman–Crippen MR) is 135 cm³/mol. The standard InChI is InChI=1S/C28H29F3N4O3/c1-34-25(28(29,30)31)24(16-32-34)26(36)33-22-8-4-19(5-9-22)20-12-14-35(15-13-20)27(37)21-6-10-23(11-7-21)38-17-18-2-3-18/h4-11,16,18,20H,2-3,12-15,17H2,1H3,(H,33,36). The van der Waals surface area contributed by atoms with E-state index in [0.717, 1.165) is 44.0 Å². The lowest BCUT2D eigenvalue weighted by molar-refractivity contribution is -0.144. The molecule has 2 heterocycles. The molecule has 5 rings (SSSR count). The molecule has 1 aliphatic carbocycles. The Morgan fingerprint density at radius 3 is 2.26 bits per heavy atom. The number of carbonyl (C=O) groups excluding carboxylic acids is 2. The van der Waals surface area contributed by atoms with Gasteiger partial charge in [-0.1, -0.05) is 12.1 Å². The topological polar surface area (TPSA) is 76.5 Å². The van der Waals surface area contributed by atoms with Crippen molar-refractivity contribution in [1.29, 1.82) is 0 Å². The fraction of sp³-hybridized carbons (Fsp3) is 0.393. The normalized spacial score (nSPS) is 16.4. The number of amides is 2. The van der Waals surface area contributed by atoms with Gasteiger partial charge in [-0.05, 0) is 79.5 Å². The Hall–Kier alpha value is -3.82. The van der Waals surface area contributed by atoms with Gasteiger partial charge in [0, 0.05) is 31.4 Å². The lowest BCUT2D eigenvalue weighted by Gasteiger charge is -2.32. The zero-order chi connectivity index (χ0) is 26.9. The summed E-state index contributed by atoms with van der Waals surface area (Å²) in [6, 6.07) is 14.4. The molecule has 38 heavy (non-hydrogen) atoms. The van der Waals surface area contributed by atoms with Crippen molar-refractivity contribution in [1.82, 2.24) is 14.7 Å². The van der Waals surface area contributed by atoms with Crippen molar-refractivity contribution in [3.05, 3.63) is 77.1 Å². The molecule has 0 spiro atoms. The molecule has 2 aromatic carbocycles. The van der Waals surface area contributed by atoms with E-state index >= 15 is 0 Å². The highest BCUT2D eigenvalue weighted by Gasteiger charge is 2.39. The minimum atomic E-state index is -4.69. The van der Waals surface area contributed by atoms with E-state index in [0.29, 0.717) is 34.9 Å². The summed E-state index contributed by atoms with van der Waals surface area (Å²) >= 11 is 0. The van der Waals surface area contributed by atoms with Crippen LogP contribution in [0.2, 0.25) is 0 Å². The Balaban J connectivity index is 1.14. The summed E-state index contributed by atoms with van der Waals surface area (Å²) in [6.07, 6.45) is 0.275. The van der Waals surface area contributed by atoms with Crippen LogP contribution in [-0.4, -0.2) is 46.2 Å². The Kier molecular flexibility index (Phi) is 7.14. The number of likely N-dealkylation sites (tertiary alicyclic amines) is 1. The van der Waals surface area contributed by atoms with Gasteiger partial charge in [0.1, 0.15) is 5.75 Å². The molecule has 0 radical (unpaired) electrons. The van der Waals surface area contributed by atoms with Crippen molar-refractivity contribution in [2.75, 3.05) is 25.0 Å². The van der Waals surface area contributed by atoms with E-state index in [4.69, 9.17) is 4.74 Å². The number of aromatic nitrogens is 2. The summed E-state index contributed by atoms with van der Waals surface area (Å²) in [7, 11) is 1.15. The molecule has 2 amide bonds. The number of hydrogen-bond acceptors (Lipinski definition) is 4. The minimum absolute atomic E-state index is 0.00359. The van der Waals surface area contributed by atoms with Gasteiger partial charge in [-0.3, -0.25) is 14.3 Å². The van der Waals surface area contributed by atoms with Crippen LogP contribution in [0.4, 0.5) is 18.9 Å². The van der Waals surface area contributed by atoms with E-state index in [2.05, 4.69) is 10.4 Å². The number of anilines is 1. The van der Waals surface area contributed by atoms with Crippen molar-refractivity contribution in [2.24, 2.45) is 13.0 Å². The molecular formula is C28H29F3N4O3. The third-order valence-electron chi connectivity index (χ3n) is 7.16. The van der Waals surface area contributed by atoms with Gasteiger partial charge in [0.2, 0.25) is 0 Å². The summed E-state index contributed by atoms with van der Waals surface area (Å²) in [5.74, 6) is 0.840. The fourth-order valence-electron chi connectivity index (χ4n) is 4.77. The number of halogens is 3. The second-order valence-corrected chi connectivity index (χ2v) is 9.95. The van der Waals surface area contributed by atoms with Crippen molar-refractivity contribution in [2.45, 2.75) is 37.8 Å². The maximum Gasteiger partial charge on any atom is 0.433 e. The fourth-order valence-corrected chi connectivity index (χ4v) is 4.77. The van der Waals surface area contributed by atoms with Gasteiger partial charge >= 0.3 is 6.18 Å². The highest BCUT2D eigenvalue weighted by molar-refractivity contribution is 6.05. The Morgan fingerprint density at radius 1 is 1.00 bits per heavy atom. The van der Waals surface area contributed by atoms with Crippen molar-refractivity contribution >= 4 is 17.5 Å². The van der Waals surface area contributed by atoms with E-state index < -0.39 is 23.3 Å². The van der Waals surface area contributed by atoms with Gasteiger partial charge in [-0.25, -0.2) is 0 Å². The number of benzene rings is 2. The second-order valence-electron chi connectivity index (χ2n) is 9.95. The average Bonchev–Trinajstić information content (AvgIpc) is 3.65. The van der Waals surface area contributed by atoms with Crippen molar-refractivity contribution in [3.8, 4) is 5.75 Å². The molecule has 10 heteroatoms. The quantitative estimate of drug-likeness (QED) is 0.441. The number of aryl methyl sites for hydroxylation is 1. The van der Waals surface area contributed by atoms with E-state index in [1.807, 2.05) is 41.3 Å². The second kappa shape index (κ2) is 10.5. The van der Waals surface area contributed by atoms with Crippen LogP contribution in [0.5, 0.6) is 5.75 Å². The van der Waals surface area contributed by atoms with E-state index in [9.17, 15) is 22.8 Å². The number of nitrogens with zero attached hydrogens (tertiary/aromatic N) is 3. The molecule has 0 unspecified atom stereocenters. The van der Waals surface area contributed by atoms with Crippen LogP contribution in [0.3, 0.4) is 0 Å². The minimum Gasteiger partial charge on any atom is -0.493 e. The molecular weight excluding hydrogens is 497 g/mol. The number of carbonyl (C=O) groups is 2. The lowest BCUT2D eigenvalue weighted by atomic mass is 9.89. The monoisotopic (exact) mass is 526 g/mol. The Bertz CT molecular complexity index is 1290. The smallest absolute Gasteiger partial charge is 0.433 e. The zero-order valence-electron chi connectivity index (χ0n) is 21.0. The molecule has 2 fully saturated rings. The van der Waals surface area contributed by atoms with Crippen LogP contribution in [0.25, 0.3) is 0 Å². The number of alkyl halides is 3. The van der Waals surface area contributed by atoms with Gasteiger partial charge in [-0.15, -0.1) is 0 Å². The van der Waals surface area contributed by atoms with Gasteiger partial charge in [0.25, 0.3) is 11.8 Å². The molecule has 1 aromatic heterocycles. The highest BCUT2D eigenvalue weighted by Crippen LogP contribution is 2.33. The van der Waals surface area contributed by atoms with E-state index in [-0.39, 0.29) is 11.8 Å². The van der Waals surface area contributed by atoms with Gasteiger partial charge in [0.05, 0.1) is 18.4 Å². The van der Waals surface area contributed by atoms with Crippen LogP contribution in [-0.2, 0) is 13.2 Å². The average molecular weight is 527 g/mol. The number of nitrogens with one attached hydrogen (secondary N) is 1. The molecule has 1 saturated heterocycles. The highest BCUT2D eigenvalue weighted by atomic mass is 19.4. The van der Waals surface area contributed by atoms with Gasteiger partial charge in [0.15, 0.2) is 5.69 Å². The van der Waals surface area contributed by atoms with E-state index in [1.165, 1.54) is 12.8 Å². The first-order valence-electron chi connectivity index (χ1n) is 12.7. The third kappa shape index (κ3) is 5.84. The van der Waals surface area contributed by atoms with Crippen molar-refractivity contribution in [3.63, 3.8) is 0 Å². The molecule has 1 N–H and O–H groups in total. The molecule has 1 saturated carbocycles. The number of hydrogen-bond donors (Lipinski definition) is 1. The molecule has 0 bridgehead atoms. The summed E-state index contributed by atoms with van der Waals surface area (Å²) in [5, 5.41) is 6.10. The summed E-state index contributed by atoms with van der Waals surface area (Å²) in [6.45, 7) is 1.99. The Morgan fingerprint density at radius 2 is 1.66 bits per heavy atom. The lowest BCUT2D eigenvalue weighted by Crippen LogP contribution is -2.37. The zero-order valence-corrected chi connectivity index (χ0v) is 21.0. The molecule has 3 aromatic rings. The van der Waals surface area contributed by atoms with E-state index in [1.54, 1.807) is 12.1 Å². The van der Waals surface area contributed by atoms with Crippen LogP contribution in [0.1, 0.15) is 63.6 Å². The molecule has 0 atom stereocenters. The molecule has 7 nitrogen and oxygen atoms in total. The van der Waals surface area contributed by atoms with Crippen molar-refractivity contribution < 1.29 is 27.5 Å². The molecule has 200 valence electrons. The Labute approximate surface area is 218 Å². The van der Waals surface area contributed by atoms with Gasteiger partial charge in [-0.2, -0.15) is 18.3 Å². The largest absolute Gasteiger partial charge is 0.493 e. The van der Waals surface area contributed by atoms with Crippen LogP contribution < -0.4 is 10.1 Å². The maximum absolute atomic E-state index is 13.3. The summed E-state index contributed by atoms with van der Waals surface area (Å²) < 4.78 is 46.2. The maximum atomic E-state index is 13.3. The number of ether oxygens (including phenoxy) is 1. The molecule has 2 aliphatic rings. The van der Waals surface area contributed by atoms with Gasteiger partial charge < -0.3 is 15.0 Å². The SMILES string of the molecule is Cn1ncc(C(=O)Nc2ccc(C3CCN(C(=O)c4ccc(OCC5CC5)cc4)CC3)cc2)c1C(F)(F)F. The summed E-state index contributed by atoms with van der Waals surface area (Å²) in [4.78, 5) is 27.3. The predicted octanol–water partition coefficient (Wildman–Crippen LogP) is 5.50. The van der Waals surface area contributed by atoms with Crippen LogP contribution in [0, 0.1) is 5.92 Å². The number of rotatable bonds is 7. The first kappa shape index (κ1) is 25.8. The molecule has 1 aliphatic heterocycles. The summed E-state index contributed by atoms with van der Waals surface area (Å²) in [5.41, 5.74) is 0.481. The number of piperidine rings is 1. The third-order valence-corrected chi connectivity index (χ3v) is 7.16. The first-order valence-corrected chi connectivity index (χ1v) is 12.7. The van der Waals surface area contributed by atoms with Crippen LogP contribution in [0.15, 0.2) is 54.7 Å².